The van der Waals surface area contributed by atoms with Gasteiger partial charge in [0.2, 0.25) is 0 Å². The molecule has 17 heavy (non-hydrogen) atoms. The third kappa shape index (κ3) is 3.96. The fourth-order valence-corrected chi connectivity index (χ4v) is 1.43. The van der Waals surface area contributed by atoms with Crippen LogP contribution in [0.1, 0.15) is 23.2 Å². The van der Waals surface area contributed by atoms with Gasteiger partial charge in [-0.2, -0.15) is 0 Å². The summed E-state index contributed by atoms with van der Waals surface area (Å²) < 4.78 is 10.3. The van der Waals surface area contributed by atoms with Crippen LogP contribution in [0.5, 0.6) is 5.75 Å². The summed E-state index contributed by atoms with van der Waals surface area (Å²) in [7, 11) is 1.64. The molecule has 5 heteroatoms. The molecule has 3 N–H and O–H groups in total. The number of carbonyl (C=O) groups is 1. The first-order valence-corrected chi connectivity index (χ1v) is 5.40. The number of ether oxygens (including phenoxy) is 2. The molecule has 0 unspecified atom stereocenters. The Bertz CT molecular complexity index is 379. The van der Waals surface area contributed by atoms with E-state index in [4.69, 9.17) is 20.3 Å². The zero-order chi connectivity index (χ0) is 12.7. The van der Waals surface area contributed by atoms with E-state index in [2.05, 4.69) is 0 Å². The van der Waals surface area contributed by atoms with Gasteiger partial charge < -0.3 is 20.3 Å². The largest absolute Gasteiger partial charge is 0.493 e. The maximum absolute atomic E-state index is 11.0. The lowest BCUT2D eigenvalue weighted by Gasteiger charge is -2.10. The number of benzene rings is 1. The number of nitrogen functional groups attached to an aromatic ring is 1. The maximum Gasteiger partial charge on any atom is 0.341 e. The average molecular weight is 239 g/mol. The van der Waals surface area contributed by atoms with Gasteiger partial charge in [0.1, 0.15) is 11.3 Å². The predicted molar refractivity (Wildman–Crippen MR) is 64.4 cm³/mol. The van der Waals surface area contributed by atoms with E-state index < -0.39 is 5.97 Å². The van der Waals surface area contributed by atoms with Gasteiger partial charge in [-0.1, -0.05) is 6.07 Å². The van der Waals surface area contributed by atoms with E-state index in [0.717, 1.165) is 12.8 Å². The van der Waals surface area contributed by atoms with Crippen LogP contribution in [-0.4, -0.2) is 31.4 Å². The van der Waals surface area contributed by atoms with E-state index in [1.807, 2.05) is 0 Å². The number of carboxylic acids is 1. The third-order valence-electron chi connectivity index (χ3n) is 2.27. The van der Waals surface area contributed by atoms with Crippen molar-refractivity contribution in [1.29, 1.82) is 0 Å². The number of unbranched alkanes of at least 4 members (excludes halogenated alkanes) is 1. The van der Waals surface area contributed by atoms with Crippen molar-refractivity contribution in [2.24, 2.45) is 0 Å². The molecule has 5 nitrogen and oxygen atoms in total. The molecular weight excluding hydrogens is 222 g/mol. The van der Waals surface area contributed by atoms with Gasteiger partial charge in [0, 0.05) is 19.4 Å². The van der Waals surface area contributed by atoms with Crippen molar-refractivity contribution < 1.29 is 19.4 Å². The first-order chi connectivity index (χ1) is 8.16. The molecule has 0 aliphatic carbocycles. The summed E-state index contributed by atoms with van der Waals surface area (Å²) in [4.78, 5) is 11.0. The highest BCUT2D eigenvalue weighted by atomic mass is 16.5. The van der Waals surface area contributed by atoms with E-state index >= 15 is 0 Å². The molecule has 0 aliphatic rings. The summed E-state index contributed by atoms with van der Waals surface area (Å²) in [5.41, 5.74) is 5.84. The molecule has 0 spiro atoms. The third-order valence-corrected chi connectivity index (χ3v) is 2.27. The lowest BCUT2D eigenvalue weighted by Crippen LogP contribution is -2.08. The van der Waals surface area contributed by atoms with Crippen molar-refractivity contribution in [3.05, 3.63) is 23.8 Å². The van der Waals surface area contributed by atoms with Crippen molar-refractivity contribution in [2.75, 3.05) is 26.1 Å². The van der Waals surface area contributed by atoms with Gasteiger partial charge in [-0.05, 0) is 25.0 Å². The minimum Gasteiger partial charge on any atom is -0.493 e. The van der Waals surface area contributed by atoms with Gasteiger partial charge in [0.25, 0.3) is 0 Å². The van der Waals surface area contributed by atoms with Crippen molar-refractivity contribution in [3.8, 4) is 5.75 Å². The van der Waals surface area contributed by atoms with Crippen LogP contribution in [0, 0.1) is 0 Å². The lowest BCUT2D eigenvalue weighted by molar-refractivity contribution is 0.0693. The summed E-state index contributed by atoms with van der Waals surface area (Å²) in [5, 5.41) is 9.01. The molecule has 1 aromatic carbocycles. The minimum atomic E-state index is -1.07. The highest BCUT2D eigenvalue weighted by Gasteiger charge is 2.14. The number of carboxylic acid groups (broad SMARTS) is 1. The summed E-state index contributed by atoms with van der Waals surface area (Å²) >= 11 is 0. The average Bonchev–Trinajstić information content (AvgIpc) is 2.28. The van der Waals surface area contributed by atoms with Gasteiger partial charge in [-0.3, -0.25) is 0 Å². The van der Waals surface area contributed by atoms with Crippen LogP contribution in [0.4, 0.5) is 5.69 Å². The second-order valence-electron chi connectivity index (χ2n) is 3.57. The Morgan fingerprint density at radius 3 is 2.71 bits per heavy atom. The van der Waals surface area contributed by atoms with Gasteiger partial charge in [0.15, 0.2) is 0 Å². The number of hydrogen-bond donors (Lipinski definition) is 2. The van der Waals surface area contributed by atoms with E-state index in [9.17, 15) is 4.79 Å². The summed E-state index contributed by atoms with van der Waals surface area (Å²) in [6, 6.07) is 4.82. The quantitative estimate of drug-likeness (QED) is 0.559. The van der Waals surface area contributed by atoms with Crippen LogP contribution in [0.3, 0.4) is 0 Å². The molecule has 0 amide bonds. The Morgan fingerprint density at radius 2 is 2.06 bits per heavy atom. The second kappa shape index (κ2) is 6.75. The predicted octanol–water partition coefficient (Wildman–Crippen LogP) is 1.77. The van der Waals surface area contributed by atoms with E-state index in [-0.39, 0.29) is 11.3 Å². The molecular formula is C12H17NO4. The Morgan fingerprint density at radius 1 is 1.35 bits per heavy atom. The van der Waals surface area contributed by atoms with Crippen LogP contribution in [0.2, 0.25) is 0 Å². The second-order valence-corrected chi connectivity index (χ2v) is 3.57. The molecule has 0 aliphatic heterocycles. The Hall–Kier alpha value is -1.75. The molecule has 0 saturated heterocycles. The van der Waals surface area contributed by atoms with Crippen LogP contribution in [-0.2, 0) is 4.74 Å². The highest BCUT2D eigenvalue weighted by Crippen LogP contribution is 2.24. The highest BCUT2D eigenvalue weighted by molar-refractivity contribution is 5.96. The fraction of sp³-hybridized carbons (Fsp3) is 0.417. The molecule has 0 atom stereocenters. The van der Waals surface area contributed by atoms with E-state index in [0.29, 0.717) is 19.0 Å². The van der Waals surface area contributed by atoms with Gasteiger partial charge in [-0.15, -0.1) is 0 Å². The van der Waals surface area contributed by atoms with Gasteiger partial charge in [0.05, 0.1) is 6.61 Å². The number of rotatable bonds is 7. The van der Waals surface area contributed by atoms with Crippen LogP contribution in [0.15, 0.2) is 18.2 Å². The van der Waals surface area contributed by atoms with Crippen LogP contribution in [0.25, 0.3) is 0 Å². The molecule has 1 rings (SSSR count). The van der Waals surface area contributed by atoms with E-state index in [1.54, 1.807) is 25.3 Å². The van der Waals surface area contributed by atoms with Crippen LogP contribution >= 0.6 is 0 Å². The Kier molecular flexibility index (Phi) is 5.29. The smallest absolute Gasteiger partial charge is 0.341 e. The van der Waals surface area contributed by atoms with Gasteiger partial charge in [-0.25, -0.2) is 4.79 Å². The summed E-state index contributed by atoms with van der Waals surface area (Å²) in [6.07, 6.45) is 1.68. The number of anilines is 1. The standard InChI is InChI=1S/C12H17NO4/c1-16-7-2-3-8-17-10-6-4-5-9(13)11(10)12(14)15/h4-6H,2-3,7-8,13H2,1H3,(H,14,15). The first-order valence-electron chi connectivity index (χ1n) is 5.40. The molecule has 0 fully saturated rings. The number of methoxy groups -OCH3 is 1. The summed E-state index contributed by atoms with van der Waals surface area (Å²) in [6.45, 7) is 1.12. The number of nitrogens with two attached hydrogens (primary N) is 1. The first kappa shape index (κ1) is 13.3. The summed E-state index contributed by atoms with van der Waals surface area (Å²) in [5.74, 6) is -0.759. The molecule has 0 bridgehead atoms. The Labute approximate surface area is 100 Å². The molecule has 1 aromatic rings. The van der Waals surface area contributed by atoms with Crippen molar-refractivity contribution in [1.82, 2.24) is 0 Å². The molecule has 94 valence electrons. The maximum atomic E-state index is 11.0. The zero-order valence-electron chi connectivity index (χ0n) is 9.81. The van der Waals surface area contributed by atoms with Gasteiger partial charge >= 0.3 is 5.97 Å². The number of aromatic carboxylic acids is 1. The monoisotopic (exact) mass is 239 g/mol. The fourth-order valence-electron chi connectivity index (χ4n) is 1.43. The molecule has 0 aromatic heterocycles. The topological polar surface area (TPSA) is 81.8 Å². The number of hydrogen-bond acceptors (Lipinski definition) is 4. The van der Waals surface area contributed by atoms with E-state index in [1.165, 1.54) is 0 Å². The van der Waals surface area contributed by atoms with Crippen LogP contribution < -0.4 is 10.5 Å². The molecule has 0 heterocycles. The van der Waals surface area contributed by atoms with Crippen molar-refractivity contribution >= 4 is 11.7 Å². The SMILES string of the molecule is COCCCCOc1cccc(N)c1C(=O)O. The Balaban J connectivity index is 2.58. The normalized spacial score (nSPS) is 10.2. The zero-order valence-corrected chi connectivity index (χ0v) is 9.81. The minimum absolute atomic E-state index is 0.0271. The van der Waals surface area contributed by atoms with Crippen molar-refractivity contribution in [2.45, 2.75) is 12.8 Å². The van der Waals surface area contributed by atoms with Crippen molar-refractivity contribution in [3.63, 3.8) is 0 Å². The lowest BCUT2D eigenvalue weighted by atomic mass is 10.1. The molecule has 0 saturated carbocycles. The molecule has 0 radical (unpaired) electrons.